The van der Waals surface area contributed by atoms with Crippen LogP contribution in [0.1, 0.15) is 23.7 Å². The van der Waals surface area contributed by atoms with Gasteiger partial charge in [0.25, 0.3) is 0 Å². The maximum atomic E-state index is 12.8. The van der Waals surface area contributed by atoms with E-state index >= 15 is 0 Å². The zero-order valence-corrected chi connectivity index (χ0v) is 18.5. The van der Waals surface area contributed by atoms with Crippen LogP contribution in [-0.2, 0) is 18.0 Å². The lowest BCUT2D eigenvalue weighted by atomic mass is 10.1. The molecule has 1 atom stereocenters. The van der Waals surface area contributed by atoms with Crippen molar-refractivity contribution >= 4 is 23.1 Å². The molecule has 0 aliphatic carbocycles. The van der Waals surface area contributed by atoms with Gasteiger partial charge in [0.05, 0.1) is 18.3 Å². The molecule has 0 N–H and O–H groups in total. The number of hydrogen-bond acceptors (Lipinski definition) is 7. The highest BCUT2D eigenvalue weighted by atomic mass is 32.2. The van der Waals surface area contributed by atoms with Gasteiger partial charge in [0.2, 0.25) is 0 Å². The Labute approximate surface area is 186 Å². The normalized spacial score (nSPS) is 17.9. The summed E-state index contributed by atoms with van der Waals surface area (Å²) in [6.45, 7) is 2.96. The van der Waals surface area contributed by atoms with Crippen LogP contribution in [-0.4, -0.2) is 56.6 Å². The lowest BCUT2D eigenvalue weighted by molar-refractivity contribution is -0.137. The quantitative estimate of drug-likeness (QED) is 0.375. The highest BCUT2D eigenvalue weighted by Crippen LogP contribution is 2.31. The third-order valence-electron chi connectivity index (χ3n) is 5.07. The van der Waals surface area contributed by atoms with Gasteiger partial charge in [-0.2, -0.15) is 13.2 Å². The van der Waals surface area contributed by atoms with Crippen LogP contribution in [0.3, 0.4) is 0 Å². The second-order valence-corrected chi connectivity index (χ2v) is 9.14. The molecule has 1 aliphatic rings. The van der Waals surface area contributed by atoms with Crippen molar-refractivity contribution in [3.63, 3.8) is 0 Å². The first-order valence-electron chi connectivity index (χ1n) is 9.85. The fourth-order valence-corrected chi connectivity index (χ4v) is 4.90. The molecule has 0 saturated carbocycles. The highest BCUT2D eigenvalue weighted by Gasteiger charge is 2.30. The zero-order valence-electron chi connectivity index (χ0n) is 16.9. The Kier molecular flexibility index (Phi) is 6.95. The summed E-state index contributed by atoms with van der Waals surface area (Å²) in [7, 11) is 1.94. The number of thiazole rings is 1. The maximum Gasteiger partial charge on any atom is 0.416 e. The minimum Gasteiger partial charge on any atom is -0.371 e. The number of alkyl halides is 3. The summed E-state index contributed by atoms with van der Waals surface area (Å²) in [5, 5.41) is 12.1. The van der Waals surface area contributed by atoms with Crippen LogP contribution in [0.25, 0.3) is 10.8 Å². The van der Waals surface area contributed by atoms with Crippen LogP contribution in [0.4, 0.5) is 13.2 Å². The number of thioether (sulfide) groups is 1. The standard InChI is InChI=1S/C20H22F3N5OS2/c1-27-17(18-24-7-12-30-18)25-26-19(27)31-11-2-8-28-9-10-29-16(13-28)14-3-5-15(6-4-14)20(21,22)23/h3-7,12,16H,2,8-11,13H2,1H3. The van der Waals surface area contributed by atoms with Crippen LogP contribution in [0, 0.1) is 0 Å². The third kappa shape index (κ3) is 5.46. The lowest BCUT2D eigenvalue weighted by Crippen LogP contribution is -2.39. The molecule has 0 spiro atoms. The van der Waals surface area contributed by atoms with E-state index in [2.05, 4.69) is 20.1 Å². The molecule has 0 bridgehead atoms. The van der Waals surface area contributed by atoms with Gasteiger partial charge in [0.1, 0.15) is 0 Å². The molecular formula is C20H22F3N5OS2. The second-order valence-electron chi connectivity index (χ2n) is 7.18. The van der Waals surface area contributed by atoms with Crippen molar-refractivity contribution in [3.05, 3.63) is 47.0 Å². The number of aromatic nitrogens is 4. The van der Waals surface area contributed by atoms with E-state index in [-0.39, 0.29) is 6.10 Å². The molecule has 11 heteroatoms. The van der Waals surface area contributed by atoms with Crippen molar-refractivity contribution in [1.29, 1.82) is 0 Å². The topological polar surface area (TPSA) is 56.1 Å². The fourth-order valence-electron chi connectivity index (χ4n) is 3.41. The predicted molar refractivity (Wildman–Crippen MR) is 114 cm³/mol. The number of ether oxygens (including phenoxy) is 1. The number of hydrogen-bond donors (Lipinski definition) is 0. The lowest BCUT2D eigenvalue weighted by Gasteiger charge is -2.33. The molecular weight excluding hydrogens is 447 g/mol. The summed E-state index contributed by atoms with van der Waals surface area (Å²) in [6, 6.07) is 5.27. The van der Waals surface area contributed by atoms with Gasteiger partial charge in [-0.25, -0.2) is 4.98 Å². The van der Waals surface area contributed by atoms with E-state index in [1.165, 1.54) is 23.5 Å². The van der Waals surface area contributed by atoms with Gasteiger partial charge in [-0.1, -0.05) is 23.9 Å². The molecule has 3 heterocycles. The fraction of sp³-hybridized carbons (Fsp3) is 0.450. The first-order chi connectivity index (χ1) is 14.9. The van der Waals surface area contributed by atoms with Crippen molar-refractivity contribution in [2.75, 3.05) is 32.0 Å². The van der Waals surface area contributed by atoms with E-state index in [0.29, 0.717) is 13.2 Å². The maximum absolute atomic E-state index is 12.8. The first-order valence-corrected chi connectivity index (χ1v) is 11.7. The highest BCUT2D eigenvalue weighted by molar-refractivity contribution is 7.99. The van der Waals surface area contributed by atoms with E-state index in [4.69, 9.17) is 4.74 Å². The summed E-state index contributed by atoms with van der Waals surface area (Å²) in [5.74, 6) is 1.66. The average Bonchev–Trinajstić information content (AvgIpc) is 3.41. The van der Waals surface area contributed by atoms with Crippen molar-refractivity contribution in [3.8, 4) is 10.8 Å². The Morgan fingerprint density at radius 3 is 2.74 bits per heavy atom. The molecule has 0 amide bonds. The number of morpholine rings is 1. The van der Waals surface area contributed by atoms with Crippen LogP contribution < -0.4 is 0 Å². The number of halogens is 3. The van der Waals surface area contributed by atoms with Gasteiger partial charge < -0.3 is 9.30 Å². The minimum absolute atomic E-state index is 0.205. The minimum atomic E-state index is -4.32. The van der Waals surface area contributed by atoms with Crippen LogP contribution in [0.5, 0.6) is 0 Å². The van der Waals surface area contributed by atoms with E-state index in [1.54, 1.807) is 18.0 Å². The van der Waals surface area contributed by atoms with Gasteiger partial charge >= 0.3 is 6.18 Å². The number of rotatable bonds is 7. The van der Waals surface area contributed by atoms with Gasteiger partial charge in [-0.3, -0.25) is 4.90 Å². The molecule has 31 heavy (non-hydrogen) atoms. The van der Waals surface area contributed by atoms with E-state index in [9.17, 15) is 13.2 Å². The first kappa shape index (κ1) is 22.3. The van der Waals surface area contributed by atoms with Crippen LogP contribution >= 0.6 is 23.1 Å². The number of nitrogens with zero attached hydrogens (tertiary/aromatic N) is 5. The van der Waals surface area contributed by atoms with Gasteiger partial charge in [0.15, 0.2) is 16.0 Å². The summed E-state index contributed by atoms with van der Waals surface area (Å²) in [4.78, 5) is 6.57. The Bertz CT molecular complexity index is 976. The van der Waals surface area contributed by atoms with Crippen molar-refractivity contribution in [1.82, 2.24) is 24.6 Å². The second kappa shape index (κ2) is 9.68. The van der Waals surface area contributed by atoms with E-state index in [1.807, 2.05) is 17.0 Å². The molecule has 1 aromatic carbocycles. The van der Waals surface area contributed by atoms with Gasteiger partial charge in [-0.05, 0) is 30.7 Å². The van der Waals surface area contributed by atoms with Gasteiger partial charge in [0, 0.05) is 37.5 Å². The molecule has 1 saturated heterocycles. The SMILES string of the molecule is Cn1c(SCCCN2CCOC(c3ccc(C(F)(F)F)cc3)C2)nnc1-c1nccs1. The summed E-state index contributed by atoms with van der Waals surface area (Å²) in [6.07, 6.45) is -1.81. The molecule has 1 fully saturated rings. The zero-order chi connectivity index (χ0) is 21.8. The Balaban J connectivity index is 1.25. The van der Waals surface area contributed by atoms with Gasteiger partial charge in [-0.15, -0.1) is 21.5 Å². The van der Waals surface area contributed by atoms with Crippen molar-refractivity contribution < 1.29 is 17.9 Å². The Morgan fingerprint density at radius 2 is 2.03 bits per heavy atom. The molecule has 3 aromatic rings. The van der Waals surface area contributed by atoms with Crippen molar-refractivity contribution in [2.45, 2.75) is 23.9 Å². The van der Waals surface area contributed by atoms with E-state index < -0.39 is 11.7 Å². The molecule has 0 radical (unpaired) electrons. The van der Waals surface area contributed by atoms with E-state index in [0.717, 1.165) is 58.9 Å². The molecule has 1 unspecified atom stereocenters. The number of benzene rings is 1. The smallest absolute Gasteiger partial charge is 0.371 e. The molecule has 1 aliphatic heterocycles. The van der Waals surface area contributed by atoms with Crippen molar-refractivity contribution in [2.24, 2.45) is 7.05 Å². The molecule has 4 rings (SSSR count). The predicted octanol–water partition coefficient (Wildman–Crippen LogP) is 4.51. The largest absolute Gasteiger partial charge is 0.416 e. The Hall–Kier alpha value is -1.95. The monoisotopic (exact) mass is 469 g/mol. The van der Waals surface area contributed by atoms with Crippen LogP contribution in [0.2, 0.25) is 0 Å². The summed E-state index contributed by atoms with van der Waals surface area (Å²) >= 11 is 3.19. The molecule has 6 nitrogen and oxygen atoms in total. The Morgan fingerprint density at radius 1 is 1.23 bits per heavy atom. The molecule has 2 aromatic heterocycles. The average molecular weight is 470 g/mol. The molecule has 166 valence electrons. The van der Waals surface area contributed by atoms with Crippen LogP contribution in [0.15, 0.2) is 41.0 Å². The summed E-state index contributed by atoms with van der Waals surface area (Å²) in [5.41, 5.74) is 0.142. The third-order valence-corrected chi connectivity index (χ3v) is 6.94. The summed E-state index contributed by atoms with van der Waals surface area (Å²) < 4.78 is 46.0.